The van der Waals surface area contributed by atoms with Crippen molar-refractivity contribution in [1.29, 1.82) is 0 Å². The summed E-state index contributed by atoms with van der Waals surface area (Å²) in [4.78, 5) is 3.60. The Kier molecular flexibility index (Phi) is 4.29. The summed E-state index contributed by atoms with van der Waals surface area (Å²) in [6, 6.07) is 5.56. The number of halogens is 3. The van der Waals surface area contributed by atoms with Crippen molar-refractivity contribution in [3.63, 3.8) is 0 Å². The topological polar surface area (TPSA) is 85.1 Å². The van der Waals surface area contributed by atoms with Crippen LogP contribution >= 0.6 is 34.8 Å². The van der Waals surface area contributed by atoms with Gasteiger partial charge in [0, 0.05) is 0 Å². The molecule has 1 heterocycles. The summed E-state index contributed by atoms with van der Waals surface area (Å²) in [6.07, 6.45) is 1.28. The van der Waals surface area contributed by atoms with E-state index in [-0.39, 0.29) is 31.5 Å². The van der Waals surface area contributed by atoms with Gasteiger partial charge >= 0.3 is 0 Å². The molecule has 20 heavy (non-hydrogen) atoms. The van der Waals surface area contributed by atoms with Crippen molar-refractivity contribution in [2.75, 3.05) is 10.5 Å². The summed E-state index contributed by atoms with van der Waals surface area (Å²) in [7, 11) is -3.90. The highest BCUT2D eigenvalue weighted by Gasteiger charge is 2.21. The first-order chi connectivity index (χ1) is 9.31. The monoisotopic (exact) mass is 351 g/mol. The molecule has 2 aromatic rings. The summed E-state index contributed by atoms with van der Waals surface area (Å²) in [5.74, 6) is 0. The van der Waals surface area contributed by atoms with Gasteiger partial charge in [-0.1, -0.05) is 34.8 Å². The molecule has 9 heteroatoms. The first-order valence-electron chi connectivity index (χ1n) is 5.19. The summed E-state index contributed by atoms with van der Waals surface area (Å²) in [5, 5.41) is 0.302. The average molecular weight is 353 g/mol. The van der Waals surface area contributed by atoms with Crippen LogP contribution in [0.3, 0.4) is 0 Å². The SMILES string of the molecule is Nc1c(Cl)ccc(S(=O)(=O)Nc2ccc(Cl)nc2)c1Cl. The van der Waals surface area contributed by atoms with E-state index in [2.05, 4.69) is 9.71 Å². The lowest BCUT2D eigenvalue weighted by Gasteiger charge is -2.11. The minimum Gasteiger partial charge on any atom is -0.396 e. The number of aromatic nitrogens is 1. The molecule has 0 bridgehead atoms. The number of nitrogens with zero attached hydrogens (tertiary/aromatic N) is 1. The Morgan fingerprint density at radius 2 is 1.80 bits per heavy atom. The van der Waals surface area contributed by atoms with Gasteiger partial charge in [0.2, 0.25) is 0 Å². The van der Waals surface area contributed by atoms with E-state index in [9.17, 15) is 8.42 Å². The number of pyridine rings is 1. The number of nitrogens with one attached hydrogen (secondary N) is 1. The van der Waals surface area contributed by atoms with Gasteiger partial charge in [0.05, 0.1) is 27.6 Å². The molecule has 0 aliphatic heterocycles. The average Bonchev–Trinajstić information content (AvgIpc) is 2.38. The van der Waals surface area contributed by atoms with E-state index in [4.69, 9.17) is 40.5 Å². The molecule has 0 saturated heterocycles. The number of sulfonamides is 1. The third-order valence-electron chi connectivity index (χ3n) is 2.36. The zero-order chi connectivity index (χ0) is 14.9. The molecule has 5 nitrogen and oxygen atoms in total. The zero-order valence-corrected chi connectivity index (χ0v) is 12.9. The maximum absolute atomic E-state index is 12.2. The molecule has 0 spiro atoms. The molecule has 0 unspecified atom stereocenters. The fourth-order valence-electron chi connectivity index (χ4n) is 1.40. The minimum absolute atomic E-state index is 0.00504. The van der Waals surface area contributed by atoms with Gasteiger partial charge in [0.25, 0.3) is 10.0 Å². The van der Waals surface area contributed by atoms with Crippen LogP contribution in [0.1, 0.15) is 0 Å². The Hall–Kier alpha value is -1.21. The van der Waals surface area contributed by atoms with E-state index < -0.39 is 10.0 Å². The first kappa shape index (κ1) is 15.2. The quantitative estimate of drug-likeness (QED) is 0.654. The van der Waals surface area contributed by atoms with Crippen LogP contribution in [0.25, 0.3) is 0 Å². The Bertz CT molecular complexity index is 748. The maximum Gasteiger partial charge on any atom is 0.263 e. The number of anilines is 2. The molecule has 3 N–H and O–H groups in total. The molecular formula is C11H8Cl3N3O2S. The van der Waals surface area contributed by atoms with Crippen LogP contribution in [0.4, 0.5) is 11.4 Å². The largest absolute Gasteiger partial charge is 0.396 e. The maximum atomic E-state index is 12.2. The van der Waals surface area contributed by atoms with Gasteiger partial charge in [-0.3, -0.25) is 4.72 Å². The second-order valence-electron chi connectivity index (χ2n) is 3.75. The number of rotatable bonds is 3. The van der Waals surface area contributed by atoms with Crippen LogP contribution in [0.5, 0.6) is 0 Å². The minimum atomic E-state index is -3.90. The third kappa shape index (κ3) is 3.09. The van der Waals surface area contributed by atoms with Gasteiger partial charge in [0.15, 0.2) is 0 Å². The van der Waals surface area contributed by atoms with Crippen LogP contribution in [-0.2, 0) is 10.0 Å². The van der Waals surface area contributed by atoms with Crippen LogP contribution < -0.4 is 10.5 Å². The second kappa shape index (κ2) is 5.65. The first-order valence-corrected chi connectivity index (χ1v) is 7.81. The van der Waals surface area contributed by atoms with Crippen molar-refractivity contribution in [2.45, 2.75) is 4.90 Å². The van der Waals surface area contributed by atoms with Crippen LogP contribution in [0, 0.1) is 0 Å². The van der Waals surface area contributed by atoms with Gasteiger partial charge < -0.3 is 5.73 Å². The Labute approximate surface area is 130 Å². The summed E-state index contributed by atoms with van der Waals surface area (Å²) in [6.45, 7) is 0. The van der Waals surface area contributed by atoms with E-state index in [1.54, 1.807) is 0 Å². The zero-order valence-electron chi connectivity index (χ0n) is 9.77. The molecule has 0 fully saturated rings. The van der Waals surface area contributed by atoms with Crippen molar-refractivity contribution in [2.24, 2.45) is 0 Å². The Balaban J connectivity index is 2.41. The smallest absolute Gasteiger partial charge is 0.263 e. The lowest BCUT2D eigenvalue weighted by atomic mass is 10.3. The van der Waals surface area contributed by atoms with E-state index in [1.165, 1.54) is 30.5 Å². The van der Waals surface area contributed by atoms with E-state index in [0.29, 0.717) is 0 Å². The highest BCUT2D eigenvalue weighted by atomic mass is 35.5. The van der Waals surface area contributed by atoms with Crippen LogP contribution in [-0.4, -0.2) is 13.4 Å². The van der Waals surface area contributed by atoms with Gasteiger partial charge in [-0.15, -0.1) is 0 Å². The van der Waals surface area contributed by atoms with E-state index in [0.717, 1.165) is 0 Å². The summed E-state index contributed by atoms with van der Waals surface area (Å²) < 4.78 is 26.7. The predicted molar refractivity (Wildman–Crippen MR) is 80.9 cm³/mol. The molecule has 0 amide bonds. The molecular weight excluding hydrogens is 345 g/mol. The molecule has 0 aliphatic carbocycles. The van der Waals surface area contributed by atoms with Crippen molar-refractivity contribution in [1.82, 2.24) is 4.98 Å². The van der Waals surface area contributed by atoms with Gasteiger partial charge in [-0.2, -0.15) is 0 Å². The van der Waals surface area contributed by atoms with E-state index in [1.807, 2.05) is 0 Å². The lowest BCUT2D eigenvalue weighted by Crippen LogP contribution is -2.14. The molecule has 0 atom stereocenters. The van der Waals surface area contributed by atoms with Crippen LogP contribution in [0.15, 0.2) is 35.4 Å². The number of nitrogens with two attached hydrogens (primary N) is 1. The number of hydrogen-bond acceptors (Lipinski definition) is 4. The standard InChI is InChI=1S/C11H8Cl3N3O2S/c12-7-2-3-8(10(14)11(7)15)20(18,19)17-6-1-4-9(13)16-5-6/h1-5,17H,15H2. The third-order valence-corrected chi connectivity index (χ3v) is 4.86. The fourth-order valence-corrected chi connectivity index (χ4v) is 3.32. The summed E-state index contributed by atoms with van der Waals surface area (Å²) >= 11 is 17.3. The highest BCUT2D eigenvalue weighted by molar-refractivity contribution is 7.92. The van der Waals surface area contributed by atoms with Crippen molar-refractivity contribution < 1.29 is 8.42 Å². The lowest BCUT2D eigenvalue weighted by molar-refractivity contribution is 0.601. The summed E-state index contributed by atoms with van der Waals surface area (Å²) in [5.41, 5.74) is 5.86. The van der Waals surface area contributed by atoms with Gasteiger partial charge in [0.1, 0.15) is 10.0 Å². The Morgan fingerprint density at radius 3 is 2.40 bits per heavy atom. The number of hydrogen-bond donors (Lipinski definition) is 2. The highest BCUT2D eigenvalue weighted by Crippen LogP contribution is 2.33. The predicted octanol–water partition coefficient (Wildman–Crippen LogP) is 3.42. The molecule has 106 valence electrons. The fraction of sp³-hybridized carbons (Fsp3) is 0. The van der Waals surface area contributed by atoms with Crippen molar-refractivity contribution >= 4 is 56.2 Å². The molecule has 0 aliphatic rings. The van der Waals surface area contributed by atoms with Gasteiger partial charge in [-0.05, 0) is 24.3 Å². The molecule has 1 aromatic carbocycles. The Morgan fingerprint density at radius 1 is 1.10 bits per heavy atom. The normalized spacial score (nSPS) is 11.3. The van der Waals surface area contributed by atoms with Crippen molar-refractivity contribution in [3.05, 3.63) is 45.7 Å². The molecule has 2 rings (SSSR count). The van der Waals surface area contributed by atoms with Gasteiger partial charge in [-0.25, -0.2) is 13.4 Å². The molecule has 0 saturated carbocycles. The second-order valence-corrected chi connectivity index (χ2v) is 6.57. The van der Waals surface area contributed by atoms with Crippen molar-refractivity contribution in [3.8, 4) is 0 Å². The number of benzene rings is 1. The molecule has 0 radical (unpaired) electrons. The van der Waals surface area contributed by atoms with E-state index >= 15 is 0 Å². The van der Waals surface area contributed by atoms with Crippen LogP contribution in [0.2, 0.25) is 15.2 Å². The number of nitrogen functional groups attached to an aromatic ring is 1. The molecule has 1 aromatic heterocycles.